The highest BCUT2D eigenvalue weighted by Gasteiger charge is 2.23. The number of benzene rings is 2. The molecule has 0 saturated carbocycles. The number of aryl methyl sites for hydroxylation is 1. The van der Waals surface area contributed by atoms with E-state index in [0.29, 0.717) is 16.9 Å². The van der Waals surface area contributed by atoms with E-state index in [0.717, 1.165) is 38.8 Å². The number of anilines is 2. The first-order chi connectivity index (χ1) is 13.0. The summed E-state index contributed by atoms with van der Waals surface area (Å²) >= 11 is 0. The Kier molecular flexibility index (Phi) is 5.69. The third-order valence-corrected chi connectivity index (χ3v) is 4.82. The molecule has 1 fully saturated rings. The van der Waals surface area contributed by atoms with Crippen LogP contribution in [0.3, 0.4) is 0 Å². The van der Waals surface area contributed by atoms with Crippen molar-refractivity contribution in [2.24, 2.45) is 0 Å². The fourth-order valence-corrected chi connectivity index (χ4v) is 3.35. The molecule has 27 heavy (non-hydrogen) atoms. The Bertz CT molecular complexity index is 862. The van der Waals surface area contributed by atoms with Crippen molar-refractivity contribution in [3.05, 3.63) is 63.5 Å². The normalized spacial score (nSPS) is 14.5. The monoisotopic (exact) mass is 371 g/mol. The quantitative estimate of drug-likeness (QED) is 0.626. The highest BCUT2D eigenvalue weighted by Crippen LogP contribution is 2.31. The first kappa shape index (κ1) is 18.8. The predicted octanol–water partition coefficient (Wildman–Crippen LogP) is 4.68. The summed E-state index contributed by atoms with van der Waals surface area (Å²) < 4.78 is 13.2. The predicted molar refractivity (Wildman–Crippen MR) is 103 cm³/mol. The fourth-order valence-electron chi connectivity index (χ4n) is 3.35. The van der Waals surface area contributed by atoms with Crippen LogP contribution in [0.4, 0.5) is 21.5 Å². The molecule has 7 heteroatoms. The van der Waals surface area contributed by atoms with Crippen molar-refractivity contribution < 1.29 is 14.1 Å². The lowest BCUT2D eigenvalue weighted by Crippen LogP contribution is -2.25. The topological polar surface area (TPSA) is 75.5 Å². The number of nitro groups is 1. The maximum Gasteiger partial charge on any atom is 0.293 e. The van der Waals surface area contributed by atoms with Gasteiger partial charge < -0.3 is 10.2 Å². The maximum absolute atomic E-state index is 13.2. The zero-order valence-electron chi connectivity index (χ0n) is 15.2. The van der Waals surface area contributed by atoms with Crippen LogP contribution in [0.2, 0.25) is 0 Å². The highest BCUT2D eigenvalue weighted by atomic mass is 19.1. The van der Waals surface area contributed by atoms with E-state index in [9.17, 15) is 19.3 Å². The molecule has 0 bridgehead atoms. The van der Waals surface area contributed by atoms with Crippen LogP contribution in [0.25, 0.3) is 0 Å². The third kappa shape index (κ3) is 4.42. The lowest BCUT2D eigenvalue weighted by Gasteiger charge is -2.22. The zero-order chi connectivity index (χ0) is 19.4. The molecule has 0 unspecified atom stereocenters. The van der Waals surface area contributed by atoms with E-state index in [1.165, 1.54) is 24.3 Å². The van der Waals surface area contributed by atoms with Crippen molar-refractivity contribution in [2.45, 2.75) is 32.6 Å². The van der Waals surface area contributed by atoms with Gasteiger partial charge in [-0.05, 0) is 55.7 Å². The van der Waals surface area contributed by atoms with Crippen molar-refractivity contribution in [3.8, 4) is 0 Å². The number of amides is 1. The van der Waals surface area contributed by atoms with Crippen LogP contribution in [0.1, 0.15) is 41.6 Å². The molecule has 3 rings (SSSR count). The number of nitro benzene ring substituents is 1. The number of nitrogens with zero attached hydrogens (tertiary/aromatic N) is 2. The molecule has 1 amide bonds. The SMILES string of the molecule is Cc1cc(F)ccc1NC(=O)c1ccc(N2CCCCCC2)c([N+](=O)[O-])c1. The third-order valence-electron chi connectivity index (χ3n) is 4.82. The summed E-state index contributed by atoms with van der Waals surface area (Å²) in [5.41, 5.74) is 1.74. The second-order valence-corrected chi connectivity index (χ2v) is 6.78. The van der Waals surface area contributed by atoms with Crippen LogP contribution in [-0.2, 0) is 0 Å². The lowest BCUT2D eigenvalue weighted by atomic mass is 10.1. The van der Waals surface area contributed by atoms with Crippen molar-refractivity contribution in [3.63, 3.8) is 0 Å². The van der Waals surface area contributed by atoms with Crippen LogP contribution in [-0.4, -0.2) is 23.9 Å². The Morgan fingerprint density at radius 3 is 2.44 bits per heavy atom. The van der Waals surface area contributed by atoms with Crippen molar-refractivity contribution in [1.29, 1.82) is 0 Å². The Labute approximate surface area is 157 Å². The fraction of sp³-hybridized carbons (Fsp3) is 0.350. The minimum Gasteiger partial charge on any atom is -0.366 e. The number of carbonyl (C=O) groups excluding carboxylic acids is 1. The Morgan fingerprint density at radius 1 is 1.11 bits per heavy atom. The average Bonchev–Trinajstić information content (AvgIpc) is 2.92. The van der Waals surface area contributed by atoms with Gasteiger partial charge in [0.1, 0.15) is 11.5 Å². The van der Waals surface area contributed by atoms with Crippen LogP contribution in [0.15, 0.2) is 36.4 Å². The van der Waals surface area contributed by atoms with Gasteiger partial charge in [-0.3, -0.25) is 14.9 Å². The van der Waals surface area contributed by atoms with Crippen LogP contribution >= 0.6 is 0 Å². The van der Waals surface area contributed by atoms with Gasteiger partial charge in [0.25, 0.3) is 11.6 Å². The van der Waals surface area contributed by atoms with E-state index in [2.05, 4.69) is 5.32 Å². The highest BCUT2D eigenvalue weighted by molar-refractivity contribution is 6.05. The molecule has 0 radical (unpaired) electrons. The number of halogens is 1. The number of nitrogens with one attached hydrogen (secondary N) is 1. The minimum atomic E-state index is -0.463. The van der Waals surface area contributed by atoms with E-state index in [1.54, 1.807) is 19.1 Å². The molecule has 142 valence electrons. The molecule has 6 nitrogen and oxygen atoms in total. The van der Waals surface area contributed by atoms with Crippen molar-refractivity contribution in [1.82, 2.24) is 0 Å². The first-order valence-electron chi connectivity index (χ1n) is 9.06. The van der Waals surface area contributed by atoms with Gasteiger partial charge in [0.05, 0.1) is 4.92 Å². The molecule has 0 aromatic heterocycles. The molecule has 1 aliphatic rings. The summed E-state index contributed by atoms with van der Waals surface area (Å²) in [7, 11) is 0. The smallest absolute Gasteiger partial charge is 0.293 e. The van der Waals surface area contributed by atoms with E-state index >= 15 is 0 Å². The molecule has 0 spiro atoms. The standard InChI is InChI=1S/C20H22FN3O3/c1-14-12-16(21)7-8-17(14)22-20(25)15-6-9-18(19(13-15)24(26)27)23-10-4-2-3-5-11-23/h6-9,12-13H,2-5,10-11H2,1H3,(H,22,25). The number of rotatable bonds is 4. The van der Waals surface area contributed by atoms with Gasteiger partial charge in [0, 0.05) is 30.4 Å². The second kappa shape index (κ2) is 8.16. The number of carbonyl (C=O) groups is 1. The molecule has 0 atom stereocenters. The largest absolute Gasteiger partial charge is 0.366 e. The zero-order valence-corrected chi connectivity index (χ0v) is 15.2. The van der Waals surface area contributed by atoms with E-state index in [1.807, 2.05) is 4.90 Å². The van der Waals surface area contributed by atoms with Crippen molar-refractivity contribution in [2.75, 3.05) is 23.3 Å². The summed E-state index contributed by atoms with van der Waals surface area (Å²) in [4.78, 5) is 25.7. The van der Waals surface area contributed by atoms with E-state index < -0.39 is 10.8 Å². The Balaban J connectivity index is 1.86. The van der Waals surface area contributed by atoms with Gasteiger partial charge in [-0.25, -0.2) is 4.39 Å². The summed E-state index contributed by atoms with van der Waals surface area (Å²) in [6, 6.07) is 8.61. The maximum atomic E-state index is 13.2. The van der Waals surface area contributed by atoms with Gasteiger partial charge in [0.2, 0.25) is 0 Å². The number of hydrogen-bond acceptors (Lipinski definition) is 4. The average molecular weight is 371 g/mol. The van der Waals surface area contributed by atoms with Gasteiger partial charge in [-0.15, -0.1) is 0 Å². The minimum absolute atomic E-state index is 0.0691. The second-order valence-electron chi connectivity index (χ2n) is 6.78. The summed E-state index contributed by atoms with van der Waals surface area (Å²) in [5.74, 6) is -0.849. The van der Waals surface area contributed by atoms with E-state index in [-0.39, 0.29) is 17.1 Å². The van der Waals surface area contributed by atoms with Gasteiger partial charge >= 0.3 is 0 Å². The Hall–Kier alpha value is -2.96. The molecule has 1 heterocycles. The van der Waals surface area contributed by atoms with Crippen LogP contribution in [0.5, 0.6) is 0 Å². The lowest BCUT2D eigenvalue weighted by molar-refractivity contribution is -0.384. The molecule has 2 aromatic rings. The van der Waals surface area contributed by atoms with Gasteiger partial charge in [-0.2, -0.15) is 0 Å². The molecular weight excluding hydrogens is 349 g/mol. The molecule has 0 aliphatic carbocycles. The van der Waals surface area contributed by atoms with Gasteiger partial charge in [-0.1, -0.05) is 12.8 Å². The van der Waals surface area contributed by atoms with E-state index in [4.69, 9.17) is 0 Å². The number of hydrogen-bond donors (Lipinski definition) is 1. The molecule has 1 saturated heterocycles. The van der Waals surface area contributed by atoms with Crippen molar-refractivity contribution >= 4 is 23.0 Å². The van der Waals surface area contributed by atoms with Gasteiger partial charge in [0.15, 0.2) is 0 Å². The van der Waals surface area contributed by atoms with Crippen LogP contribution in [0, 0.1) is 22.9 Å². The molecule has 1 aliphatic heterocycles. The molecular formula is C20H22FN3O3. The first-order valence-corrected chi connectivity index (χ1v) is 9.06. The summed E-state index contributed by atoms with van der Waals surface area (Å²) in [5, 5.41) is 14.3. The molecule has 1 N–H and O–H groups in total. The van der Waals surface area contributed by atoms with Crippen LogP contribution < -0.4 is 10.2 Å². The summed E-state index contributed by atoms with van der Waals surface area (Å²) in [6.07, 6.45) is 4.26. The Morgan fingerprint density at radius 2 is 1.81 bits per heavy atom. The molecule has 2 aromatic carbocycles. The summed E-state index contributed by atoms with van der Waals surface area (Å²) in [6.45, 7) is 3.24.